The molecule has 0 fully saturated rings. The molecule has 4 heteroatoms. The maximum Gasteiger partial charge on any atom is 0.0662 e. The third kappa shape index (κ3) is 25.8. The van der Waals surface area contributed by atoms with Crippen molar-refractivity contribution in [2.24, 2.45) is 0 Å². The highest BCUT2D eigenvalue weighted by atomic mass is 16.3. The normalized spacial score (nSPS) is 11.7. The minimum atomic E-state index is -0.257. The molecule has 0 saturated heterocycles. The van der Waals surface area contributed by atoms with Gasteiger partial charge in [-0.25, -0.2) is 0 Å². The first-order chi connectivity index (χ1) is 5.18. The fraction of sp³-hybridized carbons (Fsp3) is 1.00. The van der Waals surface area contributed by atoms with E-state index in [9.17, 15) is 0 Å². The summed E-state index contributed by atoms with van der Waals surface area (Å²) in [6.07, 6.45) is 1.15. The first-order valence-corrected chi connectivity index (χ1v) is 3.69. The van der Waals surface area contributed by atoms with Crippen molar-refractivity contribution < 1.29 is 20.4 Å². The third-order valence-corrected chi connectivity index (χ3v) is 0.880. The van der Waals surface area contributed by atoms with E-state index in [1.54, 1.807) is 6.92 Å². The van der Waals surface area contributed by atoms with Gasteiger partial charge in [-0.3, -0.25) is 0 Å². The fourth-order valence-corrected chi connectivity index (χ4v) is 0.387. The Bertz CT molecular complexity index is 54.4. The van der Waals surface area contributed by atoms with Gasteiger partial charge in [0.15, 0.2) is 0 Å². The maximum atomic E-state index is 8.57. The molecule has 0 aliphatic carbocycles. The van der Waals surface area contributed by atoms with E-state index in [0.29, 0.717) is 12.8 Å². The first kappa shape index (κ1) is 13.4. The molecule has 0 aromatic heterocycles. The molecule has 4 nitrogen and oxygen atoms in total. The van der Waals surface area contributed by atoms with Gasteiger partial charge in [-0.2, -0.15) is 0 Å². The van der Waals surface area contributed by atoms with Crippen LogP contribution in [-0.2, 0) is 0 Å². The lowest BCUT2D eigenvalue weighted by Crippen LogP contribution is -1.99. The standard InChI is InChI=1S/C5H12O2.C2H6O2/c1-5(7)3-2-4-6;3-1-2-4/h5-7H,2-4H2,1H3;3-4H,1-2H2. The monoisotopic (exact) mass is 166 g/mol. The highest BCUT2D eigenvalue weighted by Crippen LogP contribution is 1.92. The van der Waals surface area contributed by atoms with Crippen LogP contribution in [0.15, 0.2) is 0 Å². The van der Waals surface area contributed by atoms with Crippen LogP contribution in [0.4, 0.5) is 0 Å². The Morgan fingerprint density at radius 1 is 1.00 bits per heavy atom. The van der Waals surface area contributed by atoms with Crippen molar-refractivity contribution in [3.05, 3.63) is 0 Å². The maximum absolute atomic E-state index is 8.57. The van der Waals surface area contributed by atoms with Gasteiger partial charge in [0.05, 0.1) is 19.3 Å². The van der Waals surface area contributed by atoms with E-state index in [0.717, 1.165) is 0 Å². The summed E-state index contributed by atoms with van der Waals surface area (Å²) < 4.78 is 0. The van der Waals surface area contributed by atoms with E-state index in [2.05, 4.69) is 0 Å². The molecule has 1 atom stereocenters. The Balaban J connectivity index is 0. The summed E-state index contributed by atoms with van der Waals surface area (Å²) in [5.41, 5.74) is 0. The zero-order valence-corrected chi connectivity index (χ0v) is 6.90. The molecule has 0 aliphatic heterocycles. The predicted octanol–water partition coefficient (Wildman–Crippen LogP) is -0.889. The van der Waals surface area contributed by atoms with Crippen LogP contribution in [0.2, 0.25) is 0 Å². The molecular formula is C7H18O4. The number of hydrogen-bond acceptors (Lipinski definition) is 4. The Morgan fingerprint density at radius 3 is 1.55 bits per heavy atom. The van der Waals surface area contributed by atoms with Gasteiger partial charge in [0.2, 0.25) is 0 Å². The second-order valence-corrected chi connectivity index (χ2v) is 2.16. The van der Waals surface area contributed by atoms with E-state index in [-0.39, 0.29) is 25.9 Å². The van der Waals surface area contributed by atoms with Crippen molar-refractivity contribution in [3.8, 4) is 0 Å². The van der Waals surface area contributed by atoms with Crippen LogP contribution in [0.25, 0.3) is 0 Å². The molecule has 1 unspecified atom stereocenters. The molecule has 11 heavy (non-hydrogen) atoms. The lowest BCUT2D eigenvalue weighted by atomic mass is 10.2. The minimum Gasteiger partial charge on any atom is -0.396 e. The quantitative estimate of drug-likeness (QED) is 0.437. The Labute approximate surface area is 67.1 Å². The van der Waals surface area contributed by atoms with Crippen molar-refractivity contribution in [2.75, 3.05) is 19.8 Å². The second kappa shape index (κ2) is 12.5. The summed E-state index contributed by atoms with van der Waals surface area (Å²) >= 11 is 0. The first-order valence-electron chi connectivity index (χ1n) is 3.69. The van der Waals surface area contributed by atoms with Crippen LogP contribution in [0.1, 0.15) is 19.8 Å². The van der Waals surface area contributed by atoms with Gasteiger partial charge in [-0.05, 0) is 19.8 Å². The Morgan fingerprint density at radius 2 is 1.45 bits per heavy atom. The smallest absolute Gasteiger partial charge is 0.0662 e. The van der Waals surface area contributed by atoms with Gasteiger partial charge in [0.1, 0.15) is 0 Å². The average Bonchev–Trinajstić information content (AvgIpc) is 2.01. The molecule has 0 spiro atoms. The fourth-order valence-electron chi connectivity index (χ4n) is 0.387. The molecule has 0 radical (unpaired) electrons. The van der Waals surface area contributed by atoms with Gasteiger partial charge in [0.25, 0.3) is 0 Å². The summed E-state index contributed by atoms with van der Waals surface area (Å²) in [7, 11) is 0. The summed E-state index contributed by atoms with van der Waals surface area (Å²) in [4.78, 5) is 0. The molecule has 0 aromatic carbocycles. The largest absolute Gasteiger partial charge is 0.396 e. The van der Waals surface area contributed by atoms with E-state index in [1.807, 2.05) is 0 Å². The summed E-state index contributed by atoms with van der Waals surface area (Å²) in [5.74, 6) is 0. The van der Waals surface area contributed by atoms with Crippen molar-refractivity contribution in [1.82, 2.24) is 0 Å². The molecular weight excluding hydrogens is 148 g/mol. The molecule has 70 valence electrons. The van der Waals surface area contributed by atoms with Crippen LogP contribution >= 0.6 is 0 Å². The SMILES string of the molecule is CC(O)CCCO.OCCO. The minimum absolute atomic E-state index is 0.125. The molecule has 0 heterocycles. The molecule has 0 rings (SSSR count). The van der Waals surface area contributed by atoms with Crippen molar-refractivity contribution in [2.45, 2.75) is 25.9 Å². The van der Waals surface area contributed by atoms with Crippen LogP contribution in [-0.4, -0.2) is 46.4 Å². The Kier molecular flexibility index (Phi) is 15.3. The van der Waals surface area contributed by atoms with Crippen molar-refractivity contribution in [3.63, 3.8) is 0 Å². The summed E-state index contributed by atoms with van der Waals surface area (Å²) in [6, 6.07) is 0. The highest BCUT2D eigenvalue weighted by Gasteiger charge is 1.90. The number of rotatable bonds is 4. The van der Waals surface area contributed by atoms with Gasteiger partial charge in [-0.1, -0.05) is 0 Å². The van der Waals surface area contributed by atoms with Crippen LogP contribution in [0.5, 0.6) is 0 Å². The molecule has 0 aromatic rings. The zero-order valence-electron chi connectivity index (χ0n) is 6.90. The molecule has 4 N–H and O–H groups in total. The topological polar surface area (TPSA) is 80.9 Å². The van der Waals surface area contributed by atoms with E-state index >= 15 is 0 Å². The van der Waals surface area contributed by atoms with Gasteiger partial charge in [-0.15, -0.1) is 0 Å². The van der Waals surface area contributed by atoms with Crippen LogP contribution < -0.4 is 0 Å². The lowest BCUT2D eigenvalue weighted by Gasteiger charge is -1.98. The number of aliphatic hydroxyl groups excluding tert-OH is 4. The number of hydrogen-bond donors (Lipinski definition) is 4. The van der Waals surface area contributed by atoms with E-state index < -0.39 is 0 Å². The van der Waals surface area contributed by atoms with Gasteiger partial charge >= 0.3 is 0 Å². The molecule has 0 saturated carbocycles. The van der Waals surface area contributed by atoms with Crippen LogP contribution in [0, 0.1) is 0 Å². The van der Waals surface area contributed by atoms with Crippen molar-refractivity contribution >= 4 is 0 Å². The predicted molar refractivity (Wildman–Crippen MR) is 42.2 cm³/mol. The van der Waals surface area contributed by atoms with Gasteiger partial charge < -0.3 is 20.4 Å². The van der Waals surface area contributed by atoms with E-state index in [4.69, 9.17) is 20.4 Å². The third-order valence-electron chi connectivity index (χ3n) is 0.880. The number of aliphatic hydroxyl groups is 4. The lowest BCUT2D eigenvalue weighted by molar-refractivity contribution is 0.167. The van der Waals surface area contributed by atoms with E-state index in [1.165, 1.54) is 0 Å². The van der Waals surface area contributed by atoms with Crippen LogP contribution in [0.3, 0.4) is 0 Å². The summed E-state index contributed by atoms with van der Waals surface area (Å²) in [6.45, 7) is 1.65. The zero-order chi connectivity index (χ0) is 9.11. The Hall–Kier alpha value is -0.160. The molecule has 0 bridgehead atoms. The second-order valence-electron chi connectivity index (χ2n) is 2.16. The van der Waals surface area contributed by atoms with Gasteiger partial charge in [0, 0.05) is 6.61 Å². The molecule has 0 aliphatic rings. The highest BCUT2D eigenvalue weighted by molar-refractivity contribution is 4.43. The van der Waals surface area contributed by atoms with Crippen molar-refractivity contribution in [1.29, 1.82) is 0 Å². The molecule has 0 amide bonds. The summed E-state index contributed by atoms with van der Waals surface area (Å²) in [5, 5.41) is 32.0. The average molecular weight is 166 g/mol.